The fourth-order valence-electron chi connectivity index (χ4n) is 3.97. The number of nitrogens with two attached hydrogens (primary N) is 1. The molecule has 0 aliphatic carbocycles. The van der Waals surface area contributed by atoms with Crippen LogP contribution in [0.5, 0.6) is 5.75 Å². The molecule has 37 heavy (non-hydrogen) atoms. The van der Waals surface area contributed by atoms with Gasteiger partial charge in [-0.1, -0.05) is 19.9 Å². The molecule has 8 nitrogen and oxygen atoms in total. The minimum atomic E-state index is -0.504. The Labute approximate surface area is 222 Å². The van der Waals surface area contributed by atoms with Gasteiger partial charge in [0.1, 0.15) is 17.6 Å². The van der Waals surface area contributed by atoms with Crippen molar-refractivity contribution in [3.8, 4) is 16.9 Å². The lowest BCUT2D eigenvalue weighted by atomic mass is 9.93. The van der Waals surface area contributed by atoms with Crippen molar-refractivity contribution in [1.82, 2.24) is 29.9 Å². The molecule has 1 aromatic carbocycles. The van der Waals surface area contributed by atoms with Crippen molar-refractivity contribution in [2.45, 2.75) is 32.7 Å². The number of fused-ring (bicyclic) bond motifs is 2. The van der Waals surface area contributed by atoms with E-state index in [4.69, 9.17) is 10.5 Å². The summed E-state index contributed by atoms with van der Waals surface area (Å²) in [6, 6.07) is 8.51. The van der Waals surface area contributed by atoms with Gasteiger partial charge in [-0.25, -0.2) is 24.3 Å². The molecule has 0 saturated heterocycles. The Balaban J connectivity index is 0.000000241. The van der Waals surface area contributed by atoms with Crippen LogP contribution in [0.4, 0.5) is 4.39 Å². The zero-order chi connectivity index (χ0) is 26.4. The summed E-state index contributed by atoms with van der Waals surface area (Å²) < 4.78 is 21.1. The third-order valence-corrected chi connectivity index (χ3v) is 6.01. The summed E-state index contributed by atoms with van der Waals surface area (Å²) in [5.74, 6) is 0.206. The van der Waals surface area contributed by atoms with Crippen LogP contribution >= 0.6 is 15.9 Å². The predicted molar refractivity (Wildman–Crippen MR) is 145 cm³/mol. The molecule has 2 N–H and O–H groups in total. The largest absolute Gasteiger partial charge is 0.489 e. The van der Waals surface area contributed by atoms with E-state index in [9.17, 15) is 4.39 Å². The monoisotopic (exact) mass is 563 g/mol. The first-order valence-electron chi connectivity index (χ1n) is 11.7. The number of hydrogen-bond acceptors (Lipinski definition) is 8. The molecule has 0 spiro atoms. The van der Waals surface area contributed by atoms with Crippen molar-refractivity contribution >= 4 is 38.3 Å². The van der Waals surface area contributed by atoms with Crippen LogP contribution in [0.25, 0.3) is 33.5 Å². The lowest BCUT2D eigenvalue weighted by Crippen LogP contribution is -2.43. The van der Waals surface area contributed by atoms with E-state index >= 15 is 0 Å². The molecule has 0 fully saturated rings. The van der Waals surface area contributed by atoms with Crippen LogP contribution < -0.4 is 10.5 Å². The first kappa shape index (κ1) is 26.4. The van der Waals surface area contributed by atoms with E-state index in [1.54, 1.807) is 55.4 Å². The quantitative estimate of drug-likeness (QED) is 0.277. The van der Waals surface area contributed by atoms with Crippen LogP contribution in [-0.4, -0.2) is 42.0 Å². The Morgan fingerprint density at radius 2 is 1.46 bits per heavy atom. The molecule has 10 heteroatoms. The highest BCUT2D eigenvalue weighted by atomic mass is 79.9. The number of pyridine rings is 2. The smallest absolute Gasteiger partial charge is 0.179 e. The first-order valence-corrected chi connectivity index (χ1v) is 12.5. The Hall–Kier alpha value is -3.63. The van der Waals surface area contributed by atoms with Gasteiger partial charge < -0.3 is 10.5 Å². The summed E-state index contributed by atoms with van der Waals surface area (Å²) >= 11 is 3.35. The normalized spacial score (nSPS) is 12.7. The SMILES string of the molecule is Brc1ccnc2nccnc12.CC(C)C[C@](C)(N)COc1ccc(-c2ccnc3nccnc23)cc1F. The topological polar surface area (TPSA) is 113 Å². The molecule has 0 unspecified atom stereocenters. The molecule has 0 amide bonds. The number of ether oxygens (including phenoxy) is 1. The average molecular weight is 564 g/mol. The molecule has 5 aromatic rings. The lowest BCUT2D eigenvalue weighted by molar-refractivity contribution is 0.200. The number of rotatable bonds is 6. The van der Waals surface area contributed by atoms with Gasteiger partial charge in [0.05, 0.1) is 0 Å². The second-order valence-corrected chi connectivity index (χ2v) is 10.1. The molecule has 0 saturated carbocycles. The maximum absolute atomic E-state index is 14.6. The summed E-state index contributed by atoms with van der Waals surface area (Å²) in [6.45, 7) is 6.37. The molecule has 5 rings (SSSR count). The standard InChI is InChI=1S/C20H23FN4O.C7H4BrN3/c1-13(2)11-20(3,22)12-26-17-5-4-14(10-16(17)21)15-6-7-24-19-18(15)23-8-9-25-19;8-5-1-2-10-7-6(5)9-3-4-11-7/h4-10,13H,11-12,22H2,1-3H3;1-4H/t20-;/m0./s1. The van der Waals surface area contributed by atoms with Gasteiger partial charge in [-0.15, -0.1) is 0 Å². The number of benzene rings is 1. The molecular weight excluding hydrogens is 537 g/mol. The molecule has 190 valence electrons. The highest BCUT2D eigenvalue weighted by Gasteiger charge is 2.22. The lowest BCUT2D eigenvalue weighted by Gasteiger charge is -2.26. The van der Waals surface area contributed by atoms with E-state index in [-0.39, 0.29) is 12.4 Å². The number of nitrogens with zero attached hydrogens (tertiary/aromatic N) is 6. The van der Waals surface area contributed by atoms with Crippen LogP contribution in [0, 0.1) is 11.7 Å². The fraction of sp³-hybridized carbons (Fsp3) is 0.259. The van der Waals surface area contributed by atoms with E-state index in [1.807, 2.05) is 13.0 Å². The van der Waals surface area contributed by atoms with Crippen LogP contribution in [0.3, 0.4) is 0 Å². The fourth-order valence-corrected chi connectivity index (χ4v) is 4.37. The van der Waals surface area contributed by atoms with Crippen LogP contribution in [0.15, 0.2) is 72.0 Å². The van der Waals surface area contributed by atoms with Gasteiger partial charge in [-0.3, -0.25) is 9.97 Å². The summed E-state index contributed by atoms with van der Waals surface area (Å²) in [6.07, 6.45) is 10.6. The molecule has 4 aromatic heterocycles. The van der Waals surface area contributed by atoms with E-state index in [2.05, 4.69) is 59.7 Å². The van der Waals surface area contributed by atoms with Crippen LogP contribution in [-0.2, 0) is 0 Å². The zero-order valence-corrected chi connectivity index (χ0v) is 22.4. The van der Waals surface area contributed by atoms with Crippen molar-refractivity contribution in [1.29, 1.82) is 0 Å². The molecule has 0 radical (unpaired) electrons. The van der Waals surface area contributed by atoms with Crippen molar-refractivity contribution < 1.29 is 9.13 Å². The Kier molecular flexibility index (Phi) is 8.30. The van der Waals surface area contributed by atoms with Gasteiger partial charge in [0.25, 0.3) is 0 Å². The maximum Gasteiger partial charge on any atom is 0.179 e. The highest BCUT2D eigenvalue weighted by molar-refractivity contribution is 9.10. The van der Waals surface area contributed by atoms with Crippen LogP contribution in [0.1, 0.15) is 27.2 Å². The van der Waals surface area contributed by atoms with Crippen molar-refractivity contribution in [3.05, 3.63) is 77.8 Å². The van der Waals surface area contributed by atoms with Crippen LogP contribution in [0.2, 0.25) is 0 Å². The van der Waals surface area contributed by atoms with Gasteiger partial charge in [-0.2, -0.15) is 0 Å². The third kappa shape index (κ3) is 6.78. The Bertz CT molecular complexity index is 1500. The van der Waals surface area contributed by atoms with Crippen molar-refractivity contribution in [2.75, 3.05) is 6.61 Å². The maximum atomic E-state index is 14.6. The second-order valence-electron chi connectivity index (χ2n) is 9.29. The van der Waals surface area contributed by atoms with Gasteiger partial charge in [0.2, 0.25) is 0 Å². The third-order valence-electron chi connectivity index (χ3n) is 5.37. The summed E-state index contributed by atoms with van der Waals surface area (Å²) in [5, 5.41) is 0. The Morgan fingerprint density at radius 3 is 2.11 bits per heavy atom. The zero-order valence-electron chi connectivity index (χ0n) is 20.8. The van der Waals surface area contributed by atoms with E-state index < -0.39 is 11.4 Å². The predicted octanol–water partition coefficient (Wildman–Crippen LogP) is 5.76. The van der Waals surface area contributed by atoms with E-state index in [1.165, 1.54) is 6.07 Å². The van der Waals surface area contributed by atoms with Gasteiger partial charge in [-0.05, 0) is 65.0 Å². The Morgan fingerprint density at radius 1 is 0.865 bits per heavy atom. The summed E-state index contributed by atoms with van der Waals surface area (Å²) in [4.78, 5) is 24.9. The van der Waals surface area contributed by atoms with Gasteiger partial charge in [0, 0.05) is 52.8 Å². The second kappa shape index (κ2) is 11.6. The van der Waals surface area contributed by atoms with E-state index in [0.29, 0.717) is 28.3 Å². The molecule has 1 atom stereocenters. The van der Waals surface area contributed by atoms with Gasteiger partial charge in [0.15, 0.2) is 22.9 Å². The van der Waals surface area contributed by atoms with E-state index in [0.717, 1.165) is 22.0 Å². The molecule has 4 heterocycles. The van der Waals surface area contributed by atoms with Gasteiger partial charge >= 0.3 is 0 Å². The number of aromatic nitrogens is 6. The summed E-state index contributed by atoms with van der Waals surface area (Å²) in [5.41, 5.74) is 9.82. The number of halogens is 2. The highest BCUT2D eigenvalue weighted by Crippen LogP contribution is 2.29. The molecule has 0 bridgehead atoms. The molecule has 0 aliphatic heterocycles. The number of hydrogen-bond donors (Lipinski definition) is 1. The summed E-state index contributed by atoms with van der Waals surface area (Å²) in [7, 11) is 0. The van der Waals surface area contributed by atoms with Crippen molar-refractivity contribution in [3.63, 3.8) is 0 Å². The van der Waals surface area contributed by atoms with Crippen molar-refractivity contribution in [2.24, 2.45) is 11.7 Å². The first-order chi connectivity index (χ1) is 17.7. The minimum absolute atomic E-state index is 0.193. The molecule has 0 aliphatic rings. The average Bonchev–Trinajstić information content (AvgIpc) is 2.88. The molecular formula is C27H27BrFN7O. The minimum Gasteiger partial charge on any atom is -0.489 e.